The molecular formula is C26H29NO7. The summed E-state index contributed by atoms with van der Waals surface area (Å²) in [4.78, 5) is 26.8. The first-order chi connectivity index (χ1) is 16.6. The largest absolute Gasteiger partial charge is 0.422 e. The van der Waals surface area contributed by atoms with Crippen molar-refractivity contribution >= 4 is 28.5 Å². The van der Waals surface area contributed by atoms with Gasteiger partial charge in [0.05, 0.1) is 45.2 Å². The summed E-state index contributed by atoms with van der Waals surface area (Å²) in [5.74, 6) is -0.196. The third-order valence-electron chi connectivity index (χ3n) is 5.07. The van der Waals surface area contributed by atoms with Crippen LogP contribution in [0, 0.1) is 0 Å². The molecule has 8 heteroatoms. The predicted octanol–water partition coefficient (Wildman–Crippen LogP) is 2.51. The first-order valence-corrected chi connectivity index (χ1v) is 11.1. The van der Waals surface area contributed by atoms with E-state index in [-0.39, 0.29) is 37.8 Å². The van der Waals surface area contributed by atoms with Gasteiger partial charge in [-0.15, -0.1) is 0 Å². The van der Waals surface area contributed by atoms with Crippen LogP contribution in [-0.2, 0) is 9.47 Å². The highest BCUT2D eigenvalue weighted by molar-refractivity contribution is 6.06. The first kappa shape index (κ1) is 25.3. The molecule has 0 saturated carbocycles. The maximum Gasteiger partial charge on any atom is 0.343 e. The Morgan fingerprint density at radius 2 is 1.59 bits per heavy atom. The maximum atomic E-state index is 12.5. The van der Waals surface area contributed by atoms with Crippen LogP contribution in [0.15, 0.2) is 69.9 Å². The zero-order valence-electron chi connectivity index (χ0n) is 18.9. The highest BCUT2D eigenvalue weighted by atomic mass is 16.5. The van der Waals surface area contributed by atoms with Crippen LogP contribution >= 0.6 is 0 Å². The van der Waals surface area contributed by atoms with Crippen molar-refractivity contribution in [2.24, 2.45) is 0 Å². The standard InChI is InChI=1S/C26H29NO7/c28-12-16-32-14-10-27(11-15-33-17-13-29)23-8-6-21-18-22(26(31)34-25(21)19-23)7-9-24(30)20-4-2-1-3-5-20/h1-9,18-19,28-29H,10-17H2/b9-7+. The Balaban J connectivity index is 1.78. The molecule has 1 heterocycles. The minimum atomic E-state index is -0.536. The van der Waals surface area contributed by atoms with Crippen molar-refractivity contribution in [2.75, 3.05) is 57.6 Å². The molecule has 3 aromatic rings. The first-order valence-electron chi connectivity index (χ1n) is 11.1. The maximum absolute atomic E-state index is 12.5. The van der Waals surface area contributed by atoms with E-state index >= 15 is 0 Å². The number of allylic oxidation sites excluding steroid dienone is 1. The molecular weight excluding hydrogens is 438 g/mol. The van der Waals surface area contributed by atoms with Crippen molar-refractivity contribution < 1.29 is 28.9 Å². The zero-order chi connectivity index (χ0) is 24.2. The lowest BCUT2D eigenvalue weighted by Crippen LogP contribution is -2.31. The highest BCUT2D eigenvalue weighted by Crippen LogP contribution is 2.22. The second-order valence-corrected chi connectivity index (χ2v) is 7.43. The Morgan fingerprint density at radius 3 is 2.24 bits per heavy atom. The van der Waals surface area contributed by atoms with Gasteiger partial charge in [0.15, 0.2) is 5.78 Å². The van der Waals surface area contributed by atoms with Crippen LogP contribution in [0.1, 0.15) is 15.9 Å². The molecule has 2 N–H and O–H groups in total. The molecule has 0 atom stereocenters. The molecule has 0 aliphatic rings. The zero-order valence-corrected chi connectivity index (χ0v) is 18.9. The number of fused-ring (bicyclic) bond motifs is 1. The van der Waals surface area contributed by atoms with E-state index in [2.05, 4.69) is 0 Å². The second-order valence-electron chi connectivity index (χ2n) is 7.43. The minimum Gasteiger partial charge on any atom is -0.422 e. The SMILES string of the molecule is O=C(/C=C/c1cc2ccc(N(CCOCCO)CCOCCO)cc2oc1=O)c1ccccc1. The number of rotatable bonds is 14. The van der Waals surface area contributed by atoms with Gasteiger partial charge in [-0.25, -0.2) is 4.79 Å². The molecule has 0 saturated heterocycles. The van der Waals surface area contributed by atoms with Gasteiger partial charge < -0.3 is 29.0 Å². The number of ether oxygens (including phenoxy) is 2. The minimum absolute atomic E-state index is 0.0472. The highest BCUT2D eigenvalue weighted by Gasteiger charge is 2.11. The van der Waals surface area contributed by atoms with Crippen LogP contribution in [0.5, 0.6) is 0 Å². The van der Waals surface area contributed by atoms with Crippen molar-refractivity contribution in [1.29, 1.82) is 0 Å². The van der Waals surface area contributed by atoms with E-state index in [1.807, 2.05) is 23.1 Å². The van der Waals surface area contributed by atoms with Gasteiger partial charge in [0.25, 0.3) is 0 Å². The number of aliphatic hydroxyl groups is 2. The number of nitrogens with zero attached hydrogens (tertiary/aromatic N) is 1. The molecule has 3 rings (SSSR count). The van der Waals surface area contributed by atoms with E-state index in [1.54, 1.807) is 36.4 Å². The summed E-state index contributed by atoms with van der Waals surface area (Å²) in [6.45, 7) is 2.31. The van der Waals surface area contributed by atoms with Crippen molar-refractivity contribution in [1.82, 2.24) is 0 Å². The lowest BCUT2D eigenvalue weighted by atomic mass is 10.1. The number of ketones is 1. The van der Waals surface area contributed by atoms with Crippen LogP contribution in [-0.4, -0.2) is 68.7 Å². The molecule has 34 heavy (non-hydrogen) atoms. The summed E-state index contributed by atoms with van der Waals surface area (Å²) in [5.41, 5.74) is 1.53. The summed E-state index contributed by atoms with van der Waals surface area (Å²) in [6.07, 6.45) is 2.83. The van der Waals surface area contributed by atoms with Gasteiger partial charge in [-0.05, 0) is 30.4 Å². The van der Waals surface area contributed by atoms with E-state index < -0.39 is 5.63 Å². The van der Waals surface area contributed by atoms with Gasteiger partial charge in [-0.3, -0.25) is 4.79 Å². The summed E-state index contributed by atoms with van der Waals surface area (Å²) in [7, 11) is 0. The summed E-state index contributed by atoms with van der Waals surface area (Å²) >= 11 is 0. The van der Waals surface area contributed by atoms with E-state index in [0.717, 1.165) is 11.1 Å². The van der Waals surface area contributed by atoms with Gasteiger partial charge in [0, 0.05) is 35.8 Å². The Hall–Kier alpha value is -3.30. The average Bonchev–Trinajstić information content (AvgIpc) is 2.86. The molecule has 0 spiro atoms. The number of aliphatic hydroxyl groups excluding tert-OH is 2. The van der Waals surface area contributed by atoms with Crippen LogP contribution < -0.4 is 10.5 Å². The van der Waals surface area contributed by atoms with Crippen molar-refractivity contribution in [3.05, 3.63) is 82.2 Å². The Labute approximate surface area is 197 Å². The molecule has 0 aliphatic carbocycles. The lowest BCUT2D eigenvalue weighted by molar-refractivity contribution is 0.0884. The van der Waals surface area contributed by atoms with Crippen LogP contribution in [0.3, 0.4) is 0 Å². The quantitative estimate of drug-likeness (QED) is 0.161. The van der Waals surface area contributed by atoms with Crippen LogP contribution in [0.2, 0.25) is 0 Å². The van der Waals surface area contributed by atoms with Crippen LogP contribution in [0.25, 0.3) is 17.0 Å². The van der Waals surface area contributed by atoms with E-state index in [0.29, 0.717) is 37.4 Å². The predicted molar refractivity (Wildman–Crippen MR) is 130 cm³/mol. The number of hydrogen-bond donors (Lipinski definition) is 2. The van der Waals surface area contributed by atoms with Crippen LogP contribution in [0.4, 0.5) is 5.69 Å². The molecule has 0 fully saturated rings. The molecule has 1 aromatic heterocycles. The third-order valence-corrected chi connectivity index (χ3v) is 5.07. The van der Waals surface area contributed by atoms with Gasteiger partial charge in [-0.1, -0.05) is 30.3 Å². The monoisotopic (exact) mass is 467 g/mol. The molecule has 0 aliphatic heterocycles. The molecule has 0 amide bonds. The smallest absolute Gasteiger partial charge is 0.343 e. The lowest BCUT2D eigenvalue weighted by Gasteiger charge is -2.25. The fraction of sp³-hybridized carbons (Fsp3) is 0.308. The van der Waals surface area contributed by atoms with Crippen molar-refractivity contribution in [3.63, 3.8) is 0 Å². The van der Waals surface area contributed by atoms with Gasteiger partial charge in [0.2, 0.25) is 0 Å². The number of benzene rings is 2. The Kier molecular flexibility index (Phi) is 9.99. The fourth-order valence-electron chi connectivity index (χ4n) is 3.35. The van der Waals surface area contributed by atoms with Gasteiger partial charge in [0.1, 0.15) is 5.58 Å². The van der Waals surface area contributed by atoms with Gasteiger partial charge in [-0.2, -0.15) is 0 Å². The summed E-state index contributed by atoms with van der Waals surface area (Å²) in [5, 5.41) is 18.5. The Bertz CT molecular complexity index is 1130. The number of carbonyl (C=O) groups excluding carboxylic acids is 1. The molecule has 8 nitrogen and oxygen atoms in total. The van der Waals surface area contributed by atoms with E-state index in [9.17, 15) is 9.59 Å². The van der Waals surface area contributed by atoms with E-state index in [4.69, 9.17) is 24.1 Å². The number of carbonyl (C=O) groups is 1. The number of hydrogen-bond acceptors (Lipinski definition) is 8. The molecule has 0 radical (unpaired) electrons. The molecule has 0 unspecified atom stereocenters. The average molecular weight is 468 g/mol. The number of anilines is 1. The Morgan fingerprint density at radius 1 is 0.912 bits per heavy atom. The van der Waals surface area contributed by atoms with Gasteiger partial charge >= 0.3 is 5.63 Å². The molecule has 2 aromatic carbocycles. The third kappa shape index (κ3) is 7.36. The van der Waals surface area contributed by atoms with E-state index in [1.165, 1.54) is 12.2 Å². The van der Waals surface area contributed by atoms with Crippen molar-refractivity contribution in [2.45, 2.75) is 0 Å². The summed E-state index contributed by atoms with van der Waals surface area (Å²) in [6, 6.07) is 16.0. The normalized spacial score (nSPS) is 11.4. The fourth-order valence-corrected chi connectivity index (χ4v) is 3.35. The molecule has 0 bridgehead atoms. The van der Waals surface area contributed by atoms with Crippen molar-refractivity contribution in [3.8, 4) is 0 Å². The molecule has 180 valence electrons. The summed E-state index contributed by atoms with van der Waals surface area (Å²) < 4.78 is 16.3. The topological polar surface area (TPSA) is 109 Å². The second kappa shape index (κ2) is 13.4.